The molecule has 8 heteroatoms. The molecule has 0 spiro atoms. The van der Waals surface area contributed by atoms with Gasteiger partial charge in [0, 0.05) is 24.0 Å². The summed E-state index contributed by atoms with van der Waals surface area (Å²) in [7, 11) is 1.34. The number of pyridine rings is 1. The van der Waals surface area contributed by atoms with Gasteiger partial charge in [0.15, 0.2) is 5.69 Å². The van der Waals surface area contributed by atoms with Gasteiger partial charge in [-0.2, -0.15) is 0 Å². The fourth-order valence-electron chi connectivity index (χ4n) is 3.67. The van der Waals surface area contributed by atoms with Gasteiger partial charge < -0.3 is 24.7 Å². The van der Waals surface area contributed by atoms with Crippen LogP contribution in [0, 0.1) is 5.92 Å². The number of hydrogen-bond donors (Lipinski definition) is 2. The first-order valence-corrected chi connectivity index (χ1v) is 10.6. The highest BCUT2D eigenvalue weighted by Gasteiger charge is 2.29. The lowest BCUT2D eigenvalue weighted by atomic mass is 10.1. The summed E-state index contributed by atoms with van der Waals surface area (Å²) in [6.45, 7) is 9.09. The normalized spacial score (nSPS) is 17.3. The van der Waals surface area contributed by atoms with Crippen LogP contribution < -0.4 is 10.6 Å². The highest BCUT2D eigenvalue weighted by atomic mass is 16.5. The van der Waals surface area contributed by atoms with Crippen LogP contribution in [-0.2, 0) is 20.8 Å². The molecule has 3 rings (SSSR count). The number of ether oxygens (including phenoxy) is 2. The monoisotopic (exact) mass is 416 g/mol. The third-order valence-electron chi connectivity index (χ3n) is 5.45. The van der Waals surface area contributed by atoms with Crippen LogP contribution in [0.5, 0.6) is 0 Å². The maximum atomic E-state index is 12.8. The van der Waals surface area contributed by atoms with Crippen molar-refractivity contribution >= 4 is 34.3 Å². The molecule has 2 N–H and O–H groups in total. The van der Waals surface area contributed by atoms with Crippen molar-refractivity contribution < 1.29 is 19.1 Å². The Morgan fingerprint density at radius 3 is 2.73 bits per heavy atom. The molecular weight excluding hydrogens is 384 g/mol. The Bertz CT molecular complexity index is 915. The molecule has 164 valence electrons. The van der Waals surface area contributed by atoms with Crippen molar-refractivity contribution in [3.63, 3.8) is 0 Å². The van der Waals surface area contributed by atoms with E-state index < -0.39 is 5.97 Å². The number of esters is 1. The van der Waals surface area contributed by atoms with Crippen LogP contribution >= 0.6 is 0 Å². The van der Waals surface area contributed by atoms with Crippen molar-refractivity contribution in [3.05, 3.63) is 18.0 Å². The average molecular weight is 417 g/mol. The third kappa shape index (κ3) is 4.59. The molecule has 0 aromatic carbocycles. The molecule has 1 amide bonds. The number of hydrogen-bond acceptors (Lipinski definition) is 6. The molecular formula is C22H32N4O4. The predicted octanol–water partition coefficient (Wildman–Crippen LogP) is 3.81. The summed E-state index contributed by atoms with van der Waals surface area (Å²) in [6, 6.07) is 2.14. The van der Waals surface area contributed by atoms with Crippen LogP contribution in [0.15, 0.2) is 12.3 Å². The molecule has 2 aromatic heterocycles. The van der Waals surface area contributed by atoms with E-state index in [9.17, 15) is 9.59 Å². The van der Waals surface area contributed by atoms with Crippen LogP contribution in [0.25, 0.3) is 11.0 Å². The second-order valence-electron chi connectivity index (χ2n) is 8.15. The quantitative estimate of drug-likeness (QED) is 0.636. The van der Waals surface area contributed by atoms with Crippen LogP contribution in [0.2, 0.25) is 0 Å². The van der Waals surface area contributed by atoms with Crippen molar-refractivity contribution in [1.82, 2.24) is 9.55 Å². The van der Waals surface area contributed by atoms with Gasteiger partial charge in [0.1, 0.15) is 5.65 Å². The first kappa shape index (κ1) is 22.1. The molecule has 0 saturated carbocycles. The second-order valence-corrected chi connectivity index (χ2v) is 8.15. The molecule has 1 saturated heterocycles. The van der Waals surface area contributed by atoms with Gasteiger partial charge in [-0.3, -0.25) is 4.79 Å². The third-order valence-corrected chi connectivity index (χ3v) is 5.45. The van der Waals surface area contributed by atoms with Crippen molar-refractivity contribution in [2.45, 2.75) is 65.6 Å². The molecule has 0 unspecified atom stereocenters. The van der Waals surface area contributed by atoms with Crippen LogP contribution in [0.3, 0.4) is 0 Å². The van der Waals surface area contributed by atoms with E-state index in [-0.39, 0.29) is 24.0 Å². The standard InChI is InChI=1S/C22H32N4O4/c1-6-14(4)21(27)25-18-17-10-15(24-13(2)3)11-23-20(17)26(19(18)22(28)29-5)12-16-8-7-9-30-16/h10-11,13-14,16,24H,6-9,12H2,1-5H3,(H,25,27)/t14-,16+/m1/s1. The number of aromatic nitrogens is 2. The maximum absolute atomic E-state index is 12.8. The fourth-order valence-corrected chi connectivity index (χ4v) is 3.67. The summed E-state index contributed by atoms with van der Waals surface area (Å²) in [5.41, 5.74) is 2.19. The molecule has 0 radical (unpaired) electrons. The van der Waals surface area contributed by atoms with Crippen molar-refractivity contribution in [2.75, 3.05) is 24.4 Å². The van der Waals surface area contributed by atoms with Crippen LogP contribution in [0.1, 0.15) is 57.4 Å². The van der Waals surface area contributed by atoms with E-state index in [1.54, 1.807) is 6.20 Å². The minimum Gasteiger partial charge on any atom is -0.464 e. The number of fused-ring (bicyclic) bond motifs is 1. The lowest BCUT2D eigenvalue weighted by Crippen LogP contribution is -2.23. The van der Waals surface area contributed by atoms with Gasteiger partial charge in [0.2, 0.25) is 5.91 Å². The summed E-state index contributed by atoms with van der Waals surface area (Å²) in [5, 5.41) is 7.01. The Morgan fingerprint density at radius 1 is 1.37 bits per heavy atom. The Hall–Kier alpha value is -2.61. The van der Waals surface area contributed by atoms with E-state index in [1.165, 1.54) is 7.11 Å². The van der Waals surface area contributed by atoms with Crippen molar-refractivity contribution in [2.24, 2.45) is 5.92 Å². The molecule has 8 nitrogen and oxygen atoms in total. The fraction of sp³-hybridized carbons (Fsp3) is 0.591. The Kier molecular flexibility index (Phi) is 6.97. The van der Waals surface area contributed by atoms with Crippen LogP contribution in [-0.4, -0.2) is 47.3 Å². The number of carbonyl (C=O) groups is 2. The Balaban J connectivity index is 2.17. The van der Waals surface area contributed by atoms with E-state index in [2.05, 4.69) is 15.6 Å². The summed E-state index contributed by atoms with van der Waals surface area (Å²) >= 11 is 0. The smallest absolute Gasteiger partial charge is 0.356 e. The van der Waals surface area contributed by atoms with Crippen LogP contribution in [0.4, 0.5) is 11.4 Å². The van der Waals surface area contributed by atoms with E-state index >= 15 is 0 Å². The molecule has 1 aliphatic heterocycles. The highest BCUT2D eigenvalue weighted by Crippen LogP contribution is 2.34. The molecule has 3 heterocycles. The Morgan fingerprint density at radius 2 is 2.13 bits per heavy atom. The van der Waals surface area contributed by atoms with Gasteiger partial charge in [-0.25, -0.2) is 9.78 Å². The summed E-state index contributed by atoms with van der Waals surface area (Å²) in [5.74, 6) is -0.832. The highest BCUT2D eigenvalue weighted by molar-refractivity contribution is 6.11. The minimum absolute atomic E-state index is 0.00242. The lowest BCUT2D eigenvalue weighted by Gasteiger charge is -2.15. The zero-order valence-electron chi connectivity index (χ0n) is 18.4. The first-order chi connectivity index (χ1) is 14.3. The number of rotatable bonds is 8. The first-order valence-electron chi connectivity index (χ1n) is 10.6. The lowest BCUT2D eigenvalue weighted by molar-refractivity contribution is -0.119. The summed E-state index contributed by atoms with van der Waals surface area (Å²) in [4.78, 5) is 30.2. The van der Waals surface area contributed by atoms with Gasteiger partial charge in [-0.05, 0) is 39.2 Å². The molecule has 0 bridgehead atoms. The molecule has 1 fully saturated rings. The number of amides is 1. The average Bonchev–Trinajstić information content (AvgIpc) is 3.33. The maximum Gasteiger partial charge on any atom is 0.356 e. The zero-order valence-corrected chi connectivity index (χ0v) is 18.4. The number of anilines is 2. The van der Waals surface area contributed by atoms with Gasteiger partial charge in [-0.1, -0.05) is 13.8 Å². The van der Waals surface area contributed by atoms with Gasteiger partial charge in [-0.15, -0.1) is 0 Å². The molecule has 2 aromatic rings. The number of carbonyl (C=O) groups excluding carboxylic acids is 2. The number of nitrogens with one attached hydrogen (secondary N) is 2. The molecule has 2 atom stereocenters. The SMILES string of the molecule is CC[C@@H](C)C(=O)Nc1c(C(=O)OC)n(C[C@@H]2CCCO2)c2ncc(NC(C)C)cc12. The summed E-state index contributed by atoms with van der Waals surface area (Å²) in [6.07, 6.45) is 4.35. The van der Waals surface area contributed by atoms with Gasteiger partial charge in [0.05, 0.1) is 37.3 Å². The second kappa shape index (κ2) is 9.47. The minimum atomic E-state index is -0.510. The van der Waals surface area contributed by atoms with Gasteiger partial charge >= 0.3 is 5.97 Å². The molecule has 0 aliphatic carbocycles. The molecule has 30 heavy (non-hydrogen) atoms. The van der Waals surface area contributed by atoms with E-state index in [0.717, 1.165) is 18.5 Å². The van der Waals surface area contributed by atoms with E-state index in [1.807, 2.05) is 38.3 Å². The largest absolute Gasteiger partial charge is 0.464 e. The summed E-state index contributed by atoms with van der Waals surface area (Å²) < 4.78 is 12.7. The van der Waals surface area contributed by atoms with Gasteiger partial charge in [0.25, 0.3) is 0 Å². The molecule has 1 aliphatic rings. The number of nitrogens with zero attached hydrogens (tertiary/aromatic N) is 2. The van der Waals surface area contributed by atoms with E-state index in [0.29, 0.717) is 42.0 Å². The van der Waals surface area contributed by atoms with Crippen molar-refractivity contribution in [1.29, 1.82) is 0 Å². The number of methoxy groups -OCH3 is 1. The predicted molar refractivity (Wildman–Crippen MR) is 117 cm³/mol. The Labute approximate surface area is 177 Å². The zero-order chi connectivity index (χ0) is 21.8. The topological polar surface area (TPSA) is 94.5 Å². The van der Waals surface area contributed by atoms with E-state index in [4.69, 9.17) is 9.47 Å². The van der Waals surface area contributed by atoms with Crippen molar-refractivity contribution in [3.8, 4) is 0 Å².